The van der Waals surface area contributed by atoms with Gasteiger partial charge in [-0.05, 0) is 50.0 Å². The fourth-order valence-electron chi connectivity index (χ4n) is 2.62. The lowest BCUT2D eigenvalue weighted by molar-refractivity contribution is 0.0734. The van der Waals surface area contributed by atoms with Crippen molar-refractivity contribution in [2.75, 3.05) is 25.4 Å². The van der Waals surface area contributed by atoms with E-state index in [-0.39, 0.29) is 6.09 Å². The van der Waals surface area contributed by atoms with Gasteiger partial charge >= 0.3 is 6.09 Å². The Morgan fingerprint density at radius 2 is 2.00 bits per heavy atom. The van der Waals surface area contributed by atoms with Gasteiger partial charge in [0.25, 0.3) is 0 Å². The number of nitrogens with two attached hydrogens (primary N) is 1. The molecule has 1 fully saturated rings. The van der Waals surface area contributed by atoms with Crippen molar-refractivity contribution >= 4 is 11.8 Å². The van der Waals surface area contributed by atoms with Crippen LogP contribution in [0.1, 0.15) is 31.7 Å². The number of nitrogens with zero attached hydrogens (tertiary/aromatic N) is 1. The third-order valence-electron chi connectivity index (χ3n) is 3.79. The van der Waals surface area contributed by atoms with Crippen LogP contribution >= 0.6 is 0 Å². The molecule has 0 bridgehead atoms. The Bertz CT molecular complexity index is 441. The van der Waals surface area contributed by atoms with Crippen molar-refractivity contribution in [1.29, 1.82) is 0 Å². The van der Waals surface area contributed by atoms with Gasteiger partial charge in [-0.2, -0.15) is 0 Å². The molecule has 1 amide bonds. The van der Waals surface area contributed by atoms with Crippen LogP contribution < -0.4 is 11.1 Å². The second kappa shape index (κ2) is 7.88. The van der Waals surface area contributed by atoms with Gasteiger partial charge in [0.2, 0.25) is 0 Å². The lowest BCUT2D eigenvalue weighted by Crippen LogP contribution is -2.46. The van der Waals surface area contributed by atoms with E-state index in [4.69, 9.17) is 10.5 Å². The molecule has 2 rings (SSSR count). The Labute approximate surface area is 126 Å². The number of carbonyl (C=O) groups is 1. The van der Waals surface area contributed by atoms with Crippen LogP contribution in [0, 0.1) is 0 Å². The Balaban J connectivity index is 1.89. The Morgan fingerprint density at radius 3 is 2.62 bits per heavy atom. The summed E-state index contributed by atoms with van der Waals surface area (Å²) in [5.74, 6) is 0. The summed E-state index contributed by atoms with van der Waals surface area (Å²) in [5, 5.41) is 3.32. The zero-order valence-electron chi connectivity index (χ0n) is 12.7. The van der Waals surface area contributed by atoms with Crippen molar-refractivity contribution in [3.63, 3.8) is 0 Å². The van der Waals surface area contributed by atoms with E-state index in [9.17, 15) is 4.79 Å². The number of amides is 1. The maximum atomic E-state index is 12.3. The molecule has 1 heterocycles. The Hall–Kier alpha value is -1.75. The molecule has 0 aromatic heterocycles. The van der Waals surface area contributed by atoms with E-state index in [0.717, 1.165) is 44.5 Å². The average Bonchev–Trinajstić information content (AvgIpc) is 2.52. The number of nitrogens with one attached hydrogen (secondary N) is 1. The lowest BCUT2D eigenvalue weighted by atomic mass is 10.1. The molecule has 5 heteroatoms. The molecule has 116 valence electrons. The predicted molar refractivity (Wildman–Crippen MR) is 83.9 cm³/mol. The van der Waals surface area contributed by atoms with E-state index < -0.39 is 0 Å². The van der Waals surface area contributed by atoms with Crippen molar-refractivity contribution in [1.82, 2.24) is 10.2 Å². The summed E-state index contributed by atoms with van der Waals surface area (Å²) in [5.41, 5.74) is 7.32. The molecule has 1 aromatic rings. The van der Waals surface area contributed by atoms with Gasteiger partial charge in [0.1, 0.15) is 6.61 Å². The van der Waals surface area contributed by atoms with E-state index in [1.54, 1.807) is 0 Å². The summed E-state index contributed by atoms with van der Waals surface area (Å²) in [6.45, 7) is 5.07. The molecule has 5 nitrogen and oxygen atoms in total. The van der Waals surface area contributed by atoms with E-state index in [1.165, 1.54) is 0 Å². The summed E-state index contributed by atoms with van der Waals surface area (Å²) in [4.78, 5) is 14.2. The highest BCUT2D eigenvalue weighted by Crippen LogP contribution is 2.15. The first kappa shape index (κ1) is 15.6. The first-order valence-corrected chi connectivity index (χ1v) is 7.69. The molecule has 21 heavy (non-hydrogen) atoms. The van der Waals surface area contributed by atoms with Crippen LogP contribution in [0.4, 0.5) is 10.5 Å². The molecule has 0 atom stereocenters. The minimum Gasteiger partial charge on any atom is -0.445 e. The van der Waals surface area contributed by atoms with Crippen LogP contribution in [0.2, 0.25) is 0 Å². The molecule has 0 radical (unpaired) electrons. The third kappa shape index (κ3) is 4.63. The molecule has 1 aliphatic heterocycles. The third-order valence-corrected chi connectivity index (χ3v) is 3.79. The second-order valence-electron chi connectivity index (χ2n) is 5.47. The van der Waals surface area contributed by atoms with Gasteiger partial charge in [-0.1, -0.05) is 19.1 Å². The number of ether oxygens (including phenoxy) is 1. The van der Waals surface area contributed by atoms with Crippen LogP contribution in [0.5, 0.6) is 0 Å². The number of hydrogen-bond donors (Lipinski definition) is 2. The van der Waals surface area contributed by atoms with Crippen molar-refractivity contribution in [2.24, 2.45) is 0 Å². The molecule has 0 aliphatic carbocycles. The molecule has 0 spiro atoms. The standard InChI is InChI=1S/C16H25N3O2/c1-2-11-19(15-7-9-18-10-8-15)16(20)21-12-13-3-5-14(17)6-4-13/h3-6,15,18H,2,7-12,17H2,1H3. The average molecular weight is 291 g/mol. The number of benzene rings is 1. The molecule has 0 unspecified atom stereocenters. The number of piperidine rings is 1. The van der Waals surface area contributed by atoms with Gasteiger partial charge in [-0.3, -0.25) is 0 Å². The Kier molecular flexibility index (Phi) is 5.87. The normalized spacial score (nSPS) is 15.7. The molecular formula is C16H25N3O2. The van der Waals surface area contributed by atoms with Crippen molar-refractivity contribution in [2.45, 2.75) is 38.8 Å². The molecule has 1 aliphatic rings. The van der Waals surface area contributed by atoms with E-state index in [2.05, 4.69) is 12.2 Å². The largest absolute Gasteiger partial charge is 0.445 e. The molecular weight excluding hydrogens is 266 g/mol. The number of hydrogen-bond acceptors (Lipinski definition) is 4. The van der Waals surface area contributed by atoms with Crippen molar-refractivity contribution in [3.05, 3.63) is 29.8 Å². The highest BCUT2D eigenvalue weighted by Gasteiger charge is 2.25. The maximum Gasteiger partial charge on any atom is 0.410 e. The molecule has 3 N–H and O–H groups in total. The summed E-state index contributed by atoms with van der Waals surface area (Å²) in [7, 11) is 0. The smallest absolute Gasteiger partial charge is 0.410 e. The van der Waals surface area contributed by atoms with E-state index >= 15 is 0 Å². The summed E-state index contributed by atoms with van der Waals surface area (Å²) < 4.78 is 5.46. The monoisotopic (exact) mass is 291 g/mol. The van der Waals surface area contributed by atoms with Gasteiger partial charge in [-0.15, -0.1) is 0 Å². The topological polar surface area (TPSA) is 67.6 Å². The predicted octanol–water partition coefficient (Wildman–Crippen LogP) is 2.37. The van der Waals surface area contributed by atoms with Gasteiger partial charge < -0.3 is 20.7 Å². The zero-order chi connectivity index (χ0) is 15.1. The van der Waals surface area contributed by atoms with Gasteiger partial charge in [0.15, 0.2) is 0 Å². The SMILES string of the molecule is CCCN(C(=O)OCc1ccc(N)cc1)C1CCNCC1. The van der Waals surface area contributed by atoms with E-state index in [1.807, 2.05) is 29.2 Å². The molecule has 0 saturated carbocycles. The minimum absolute atomic E-state index is 0.208. The summed E-state index contributed by atoms with van der Waals surface area (Å²) in [6.07, 6.45) is 2.73. The number of carbonyl (C=O) groups excluding carboxylic acids is 1. The van der Waals surface area contributed by atoms with Gasteiger partial charge in [-0.25, -0.2) is 4.79 Å². The highest BCUT2D eigenvalue weighted by atomic mass is 16.6. The highest BCUT2D eigenvalue weighted by molar-refractivity contribution is 5.68. The summed E-state index contributed by atoms with van der Waals surface area (Å²) >= 11 is 0. The van der Waals surface area contributed by atoms with Crippen LogP contribution in [0.15, 0.2) is 24.3 Å². The second-order valence-corrected chi connectivity index (χ2v) is 5.47. The molecule has 1 aromatic carbocycles. The van der Waals surface area contributed by atoms with Crippen molar-refractivity contribution in [3.8, 4) is 0 Å². The zero-order valence-corrected chi connectivity index (χ0v) is 12.7. The van der Waals surface area contributed by atoms with E-state index in [0.29, 0.717) is 18.3 Å². The fraction of sp³-hybridized carbons (Fsp3) is 0.562. The quantitative estimate of drug-likeness (QED) is 0.817. The Morgan fingerprint density at radius 1 is 1.33 bits per heavy atom. The summed E-state index contributed by atoms with van der Waals surface area (Å²) in [6, 6.07) is 7.71. The van der Waals surface area contributed by atoms with Crippen LogP contribution in [0.3, 0.4) is 0 Å². The number of rotatable bonds is 5. The number of nitrogen functional groups attached to an aromatic ring is 1. The van der Waals surface area contributed by atoms with Gasteiger partial charge in [0.05, 0.1) is 0 Å². The maximum absolute atomic E-state index is 12.3. The lowest BCUT2D eigenvalue weighted by Gasteiger charge is -2.33. The van der Waals surface area contributed by atoms with Crippen LogP contribution in [-0.4, -0.2) is 36.7 Å². The van der Waals surface area contributed by atoms with Crippen molar-refractivity contribution < 1.29 is 9.53 Å². The van der Waals surface area contributed by atoms with Gasteiger partial charge in [0, 0.05) is 18.3 Å². The van der Waals surface area contributed by atoms with Crippen LogP contribution in [-0.2, 0) is 11.3 Å². The first-order valence-electron chi connectivity index (χ1n) is 7.69. The minimum atomic E-state index is -0.208. The molecule has 1 saturated heterocycles. The number of anilines is 1. The van der Waals surface area contributed by atoms with Crippen LogP contribution in [0.25, 0.3) is 0 Å². The first-order chi connectivity index (χ1) is 10.2. The fourth-order valence-corrected chi connectivity index (χ4v) is 2.62.